The second kappa shape index (κ2) is 6.69. The molecule has 1 saturated carbocycles. The number of benzene rings is 1. The third-order valence-corrected chi connectivity index (χ3v) is 4.48. The first kappa shape index (κ1) is 15.3. The highest BCUT2D eigenvalue weighted by atomic mass is 79.9. The maximum absolute atomic E-state index is 12.1. The smallest absolute Gasteiger partial charge is 0.225 e. The highest BCUT2D eigenvalue weighted by molar-refractivity contribution is 9.10. The van der Waals surface area contributed by atoms with Gasteiger partial charge in [0.15, 0.2) is 0 Å². The average Bonchev–Trinajstić information content (AvgIpc) is 3.26. The minimum Gasteiger partial charge on any atom is -0.492 e. The number of ether oxygens (including phenoxy) is 1. The van der Waals surface area contributed by atoms with E-state index in [1.54, 1.807) is 0 Å². The van der Waals surface area contributed by atoms with Crippen LogP contribution in [0, 0.1) is 5.92 Å². The predicted molar refractivity (Wildman–Crippen MR) is 85.5 cm³/mol. The Morgan fingerprint density at radius 1 is 1.41 bits per heavy atom. The van der Waals surface area contributed by atoms with Crippen molar-refractivity contribution in [2.24, 2.45) is 5.92 Å². The summed E-state index contributed by atoms with van der Waals surface area (Å²) in [7, 11) is 0. The molecule has 1 aliphatic heterocycles. The van der Waals surface area contributed by atoms with Gasteiger partial charge in [-0.15, -0.1) is 0 Å². The van der Waals surface area contributed by atoms with Crippen molar-refractivity contribution in [3.8, 4) is 5.75 Å². The topological polar surface area (TPSA) is 58.6 Å². The van der Waals surface area contributed by atoms with E-state index in [2.05, 4.69) is 21.2 Å². The standard InChI is InChI=1S/C16H19BrN2O3/c17-12-2-1-3-14(9-12)22-7-6-18-16(21)11-8-15(20)19(10-11)13-4-5-13/h1-3,9,11,13H,4-8,10H2,(H,18,21). The van der Waals surface area contributed by atoms with Gasteiger partial charge in [-0.3, -0.25) is 9.59 Å². The molecule has 1 heterocycles. The van der Waals surface area contributed by atoms with E-state index in [1.165, 1.54) is 0 Å². The molecule has 1 aromatic rings. The lowest BCUT2D eigenvalue weighted by atomic mass is 10.1. The number of likely N-dealkylation sites (tertiary alicyclic amines) is 1. The Kier molecular flexibility index (Phi) is 4.66. The largest absolute Gasteiger partial charge is 0.492 e. The highest BCUT2D eigenvalue weighted by Gasteiger charge is 2.41. The predicted octanol–water partition coefficient (Wildman–Crippen LogP) is 1.95. The number of carbonyl (C=O) groups is 2. The minimum absolute atomic E-state index is 0.0469. The van der Waals surface area contributed by atoms with Gasteiger partial charge in [-0.05, 0) is 31.0 Å². The van der Waals surface area contributed by atoms with E-state index in [-0.39, 0.29) is 17.7 Å². The summed E-state index contributed by atoms with van der Waals surface area (Å²) in [6, 6.07) is 7.97. The van der Waals surface area contributed by atoms with E-state index in [1.807, 2.05) is 29.2 Å². The van der Waals surface area contributed by atoms with E-state index < -0.39 is 0 Å². The molecule has 5 nitrogen and oxygen atoms in total. The molecule has 2 amide bonds. The zero-order valence-corrected chi connectivity index (χ0v) is 13.8. The Hall–Kier alpha value is -1.56. The van der Waals surface area contributed by atoms with Crippen molar-refractivity contribution < 1.29 is 14.3 Å². The lowest BCUT2D eigenvalue weighted by Gasteiger charge is -2.15. The lowest BCUT2D eigenvalue weighted by molar-refractivity contribution is -0.129. The van der Waals surface area contributed by atoms with Gasteiger partial charge in [-0.25, -0.2) is 0 Å². The summed E-state index contributed by atoms with van der Waals surface area (Å²) in [5.41, 5.74) is 0. The molecule has 3 rings (SSSR count). The molecule has 1 unspecified atom stereocenters. The van der Waals surface area contributed by atoms with E-state index in [9.17, 15) is 9.59 Å². The van der Waals surface area contributed by atoms with Crippen LogP contribution in [0.4, 0.5) is 0 Å². The molecule has 1 aromatic carbocycles. The van der Waals surface area contributed by atoms with Crippen molar-refractivity contribution in [3.05, 3.63) is 28.7 Å². The molecular weight excluding hydrogens is 348 g/mol. The molecule has 0 bridgehead atoms. The number of halogens is 1. The summed E-state index contributed by atoms with van der Waals surface area (Å²) < 4.78 is 6.53. The quantitative estimate of drug-likeness (QED) is 0.782. The fourth-order valence-electron chi connectivity index (χ4n) is 2.69. The summed E-state index contributed by atoms with van der Waals surface area (Å²) in [5, 5.41) is 2.86. The van der Waals surface area contributed by atoms with Crippen LogP contribution in [0.5, 0.6) is 5.75 Å². The molecule has 1 N–H and O–H groups in total. The molecule has 6 heteroatoms. The second-order valence-corrected chi connectivity index (χ2v) is 6.69. The van der Waals surface area contributed by atoms with E-state index in [0.717, 1.165) is 23.1 Å². The van der Waals surface area contributed by atoms with Gasteiger partial charge >= 0.3 is 0 Å². The number of amides is 2. The molecule has 1 saturated heterocycles. The Bertz CT molecular complexity index is 574. The molecule has 2 fully saturated rings. The molecule has 22 heavy (non-hydrogen) atoms. The van der Waals surface area contributed by atoms with Crippen LogP contribution >= 0.6 is 15.9 Å². The van der Waals surface area contributed by atoms with Gasteiger partial charge in [-0.1, -0.05) is 22.0 Å². The number of hydrogen-bond acceptors (Lipinski definition) is 3. The number of nitrogens with zero attached hydrogens (tertiary/aromatic N) is 1. The summed E-state index contributed by atoms with van der Waals surface area (Å²) >= 11 is 3.38. The molecule has 0 spiro atoms. The number of rotatable bonds is 6. The van der Waals surface area contributed by atoms with Gasteiger partial charge in [0.2, 0.25) is 11.8 Å². The zero-order valence-electron chi connectivity index (χ0n) is 12.3. The monoisotopic (exact) mass is 366 g/mol. The van der Waals surface area contributed by atoms with Crippen molar-refractivity contribution in [2.45, 2.75) is 25.3 Å². The zero-order chi connectivity index (χ0) is 15.5. The van der Waals surface area contributed by atoms with Crippen LogP contribution in [-0.2, 0) is 9.59 Å². The summed E-state index contributed by atoms with van der Waals surface area (Å²) in [6.07, 6.45) is 2.51. The van der Waals surface area contributed by atoms with Crippen molar-refractivity contribution in [1.82, 2.24) is 10.2 Å². The Labute approximate surface area is 138 Å². The van der Waals surface area contributed by atoms with Crippen LogP contribution in [0.15, 0.2) is 28.7 Å². The molecule has 1 atom stereocenters. The third kappa shape index (κ3) is 3.80. The summed E-state index contributed by atoms with van der Waals surface area (Å²) in [6.45, 7) is 1.43. The first-order valence-electron chi connectivity index (χ1n) is 7.59. The van der Waals surface area contributed by atoms with Gasteiger partial charge in [-0.2, -0.15) is 0 Å². The Morgan fingerprint density at radius 2 is 2.23 bits per heavy atom. The first-order valence-corrected chi connectivity index (χ1v) is 8.38. The molecule has 0 radical (unpaired) electrons. The minimum atomic E-state index is -0.209. The summed E-state index contributed by atoms with van der Waals surface area (Å²) in [5.74, 6) is 0.626. The fourth-order valence-corrected chi connectivity index (χ4v) is 3.07. The Morgan fingerprint density at radius 3 is 2.95 bits per heavy atom. The Balaban J connectivity index is 1.38. The van der Waals surface area contributed by atoms with Crippen LogP contribution in [0.1, 0.15) is 19.3 Å². The van der Waals surface area contributed by atoms with Crippen molar-refractivity contribution in [2.75, 3.05) is 19.7 Å². The number of carbonyl (C=O) groups excluding carboxylic acids is 2. The fraction of sp³-hybridized carbons (Fsp3) is 0.500. The van der Waals surface area contributed by atoms with E-state index >= 15 is 0 Å². The van der Waals surface area contributed by atoms with Gasteiger partial charge < -0.3 is 15.0 Å². The van der Waals surface area contributed by atoms with Crippen LogP contribution in [0.2, 0.25) is 0 Å². The molecule has 118 valence electrons. The van der Waals surface area contributed by atoms with E-state index in [4.69, 9.17) is 4.74 Å². The second-order valence-electron chi connectivity index (χ2n) is 5.78. The van der Waals surface area contributed by atoms with Crippen molar-refractivity contribution in [1.29, 1.82) is 0 Å². The normalized spacial score (nSPS) is 21.0. The van der Waals surface area contributed by atoms with Crippen LogP contribution < -0.4 is 10.1 Å². The van der Waals surface area contributed by atoms with Crippen LogP contribution in [0.25, 0.3) is 0 Å². The first-order chi connectivity index (χ1) is 10.6. The third-order valence-electron chi connectivity index (χ3n) is 3.98. The lowest BCUT2D eigenvalue weighted by Crippen LogP contribution is -2.35. The van der Waals surface area contributed by atoms with Crippen molar-refractivity contribution in [3.63, 3.8) is 0 Å². The summed E-state index contributed by atoms with van der Waals surface area (Å²) in [4.78, 5) is 25.8. The maximum Gasteiger partial charge on any atom is 0.225 e. The van der Waals surface area contributed by atoms with Gasteiger partial charge in [0.05, 0.1) is 12.5 Å². The van der Waals surface area contributed by atoms with E-state index in [0.29, 0.717) is 32.2 Å². The average molecular weight is 367 g/mol. The molecule has 1 aliphatic carbocycles. The molecular formula is C16H19BrN2O3. The van der Waals surface area contributed by atoms with Crippen LogP contribution in [-0.4, -0.2) is 42.5 Å². The van der Waals surface area contributed by atoms with Gasteiger partial charge in [0.25, 0.3) is 0 Å². The SMILES string of the molecule is O=C(NCCOc1cccc(Br)c1)C1CC(=O)N(C2CC2)C1. The molecule has 0 aromatic heterocycles. The van der Waals surface area contributed by atoms with Crippen molar-refractivity contribution >= 4 is 27.7 Å². The number of nitrogens with one attached hydrogen (secondary N) is 1. The highest BCUT2D eigenvalue weighted by Crippen LogP contribution is 2.32. The maximum atomic E-state index is 12.1. The molecule has 2 aliphatic rings. The van der Waals surface area contributed by atoms with Crippen LogP contribution in [0.3, 0.4) is 0 Å². The van der Waals surface area contributed by atoms with Gasteiger partial charge in [0, 0.05) is 23.5 Å². The number of hydrogen-bond donors (Lipinski definition) is 1. The van der Waals surface area contributed by atoms with Gasteiger partial charge in [0.1, 0.15) is 12.4 Å².